The number of sulfonamides is 1. The Morgan fingerprint density at radius 1 is 0.682 bits per heavy atom. The minimum atomic E-state index is -4.38. The van der Waals surface area contributed by atoms with Gasteiger partial charge in [-0.3, -0.25) is 9.52 Å². The van der Waals surface area contributed by atoms with Crippen molar-refractivity contribution in [1.82, 2.24) is 4.98 Å². The number of anilines is 4. The van der Waals surface area contributed by atoms with Crippen molar-refractivity contribution >= 4 is 60.9 Å². The lowest BCUT2D eigenvalue weighted by Gasteiger charge is -2.18. The first-order chi connectivity index (χ1) is 20.5. The number of pyridine rings is 1. The first-order valence-electron chi connectivity index (χ1n) is 12.5. The summed E-state index contributed by atoms with van der Waals surface area (Å²) in [6, 6.07) is 24.7. The molecule has 0 bridgehead atoms. The summed E-state index contributed by atoms with van der Waals surface area (Å²) in [4.78, 5) is 17.1. The zero-order valence-corrected chi connectivity index (χ0v) is 24.9. The Morgan fingerprint density at radius 2 is 1.20 bits per heavy atom. The molecular weight excluding hydrogens is 634 g/mol. The zero-order chi connectivity index (χ0) is 30.8. The van der Waals surface area contributed by atoms with Crippen molar-refractivity contribution in [3.63, 3.8) is 0 Å². The number of nitrogens with two attached hydrogens (primary N) is 1. The van der Waals surface area contributed by atoms with Crippen molar-refractivity contribution in [2.75, 3.05) is 15.8 Å². The maximum absolute atomic E-state index is 14.5. The van der Waals surface area contributed by atoms with Gasteiger partial charge in [-0.15, -0.1) is 12.4 Å². The van der Waals surface area contributed by atoms with Gasteiger partial charge in [-0.1, -0.05) is 54.6 Å². The maximum atomic E-state index is 14.5. The summed E-state index contributed by atoms with van der Waals surface area (Å²) in [5, 5.41) is 2.22. The van der Waals surface area contributed by atoms with Crippen LogP contribution in [0.3, 0.4) is 0 Å². The molecule has 0 aliphatic heterocycles. The molecule has 9 nitrogen and oxygen atoms in total. The van der Waals surface area contributed by atoms with E-state index in [2.05, 4.69) is 15.0 Å². The molecule has 0 aliphatic rings. The highest BCUT2D eigenvalue weighted by molar-refractivity contribution is 7.92. The second kappa shape index (κ2) is 12.8. The Morgan fingerprint density at radius 3 is 1.80 bits per heavy atom. The molecule has 5 aromatic rings. The van der Waals surface area contributed by atoms with E-state index in [4.69, 9.17) is 5.73 Å². The van der Waals surface area contributed by atoms with Gasteiger partial charge < -0.3 is 11.1 Å². The predicted octanol–water partition coefficient (Wildman–Crippen LogP) is 5.97. The first-order valence-corrected chi connectivity index (χ1v) is 15.5. The molecule has 0 saturated heterocycles. The largest absolute Gasteiger partial charge is 0.383 e. The number of nitrogens with zero attached hydrogens (tertiary/aromatic N) is 1. The van der Waals surface area contributed by atoms with Gasteiger partial charge in [-0.2, -0.15) is 0 Å². The van der Waals surface area contributed by atoms with Gasteiger partial charge >= 0.3 is 0 Å². The molecule has 44 heavy (non-hydrogen) atoms. The quantitative estimate of drug-likeness (QED) is 0.164. The number of rotatable bonds is 9. The van der Waals surface area contributed by atoms with Crippen LogP contribution < -0.4 is 15.8 Å². The highest BCUT2D eigenvalue weighted by Gasteiger charge is 2.29. The van der Waals surface area contributed by atoms with Gasteiger partial charge in [0, 0.05) is 0 Å². The molecule has 14 heteroatoms. The molecule has 1 heterocycles. The van der Waals surface area contributed by atoms with E-state index in [0.29, 0.717) is 0 Å². The fourth-order valence-corrected chi connectivity index (χ4v) is 6.63. The lowest BCUT2D eigenvalue weighted by molar-refractivity contribution is 0.103. The minimum Gasteiger partial charge on any atom is -0.383 e. The van der Waals surface area contributed by atoms with E-state index in [9.17, 15) is 30.4 Å². The van der Waals surface area contributed by atoms with Crippen LogP contribution in [0.15, 0.2) is 124 Å². The first kappa shape index (κ1) is 32.1. The number of hydrogen-bond acceptors (Lipinski definition) is 8. The van der Waals surface area contributed by atoms with Crippen molar-refractivity contribution in [3.05, 3.63) is 132 Å². The van der Waals surface area contributed by atoms with Gasteiger partial charge in [0.15, 0.2) is 5.03 Å². The van der Waals surface area contributed by atoms with Crippen LogP contribution >= 0.6 is 12.4 Å². The molecule has 0 atom stereocenters. The van der Waals surface area contributed by atoms with Crippen LogP contribution in [0.2, 0.25) is 0 Å². The van der Waals surface area contributed by atoms with Crippen LogP contribution in [0.1, 0.15) is 15.9 Å². The monoisotopic (exact) mass is 656 g/mol. The van der Waals surface area contributed by atoms with Gasteiger partial charge in [0.05, 0.1) is 38.0 Å². The molecule has 0 spiro atoms. The van der Waals surface area contributed by atoms with Crippen molar-refractivity contribution in [1.29, 1.82) is 0 Å². The van der Waals surface area contributed by atoms with Gasteiger partial charge in [0.1, 0.15) is 17.5 Å². The van der Waals surface area contributed by atoms with Crippen LogP contribution in [-0.4, -0.2) is 27.6 Å². The second-order valence-electron chi connectivity index (χ2n) is 9.11. The number of nitrogen functional groups attached to an aromatic ring is 1. The third-order valence-electron chi connectivity index (χ3n) is 6.25. The smallest absolute Gasteiger partial charge is 0.261 e. The fraction of sp³-hybridized carbons (Fsp3) is 0. The molecule has 0 amide bonds. The van der Waals surface area contributed by atoms with Crippen LogP contribution in [0.5, 0.6) is 0 Å². The van der Waals surface area contributed by atoms with E-state index in [-0.39, 0.29) is 39.3 Å². The molecular formula is C30H23ClF2N4O5S2. The third-order valence-corrected chi connectivity index (χ3v) is 9.35. The SMILES string of the molecule is Cl.Nc1nc(S(=O)(=O)c2ccccc2)c(Nc2ccccc2NS(=O)(=O)c2ccccc2)cc1C(=O)c1c(F)cccc1F. The molecule has 0 fully saturated rings. The summed E-state index contributed by atoms with van der Waals surface area (Å²) < 4.78 is 84.9. The number of benzene rings is 4. The van der Waals surface area contributed by atoms with E-state index >= 15 is 0 Å². The molecule has 0 radical (unpaired) electrons. The average Bonchev–Trinajstić information content (AvgIpc) is 2.99. The number of aromatic nitrogens is 1. The molecule has 4 N–H and O–H groups in total. The lowest BCUT2D eigenvalue weighted by atomic mass is 10.0. The fourth-order valence-electron chi connectivity index (χ4n) is 4.18. The van der Waals surface area contributed by atoms with Gasteiger partial charge in [-0.05, 0) is 54.6 Å². The number of carbonyl (C=O) groups excluding carboxylic acids is 1. The van der Waals surface area contributed by atoms with Gasteiger partial charge in [0.2, 0.25) is 15.6 Å². The van der Waals surface area contributed by atoms with E-state index in [1.54, 1.807) is 36.4 Å². The third kappa shape index (κ3) is 6.39. The number of ketones is 1. The summed E-state index contributed by atoms with van der Waals surface area (Å²) in [5.74, 6) is -4.07. The van der Waals surface area contributed by atoms with Crippen molar-refractivity contribution in [2.45, 2.75) is 14.8 Å². The molecule has 5 rings (SSSR count). The van der Waals surface area contributed by atoms with Crippen LogP contribution in [0.4, 0.5) is 31.7 Å². The molecule has 226 valence electrons. The number of carbonyl (C=O) groups is 1. The Labute approximate surface area is 258 Å². The van der Waals surface area contributed by atoms with Crippen molar-refractivity contribution in [3.8, 4) is 0 Å². The van der Waals surface area contributed by atoms with E-state index in [0.717, 1.165) is 24.3 Å². The lowest BCUT2D eigenvalue weighted by Crippen LogP contribution is -2.17. The summed E-state index contributed by atoms with van der Waals surface area (Å²) in [6.07, 6.45) is 0. The normalized spacial score (nSPS) is 11.3. The van der Waals surface area contributed by atoms with Crippen LogP contribution in [0, 0.1) is 11.6 Å². The molecule has 0 aliphatic carbocycles. The highest BCUT2D eigenvalue weighted by atomic mass is 35.5. The second-order valence-corrected chi connectivity index (χ2v) is 12.7. The van der Waals surface area contributed by atoms with Crippen molar-refractivity contribution < 1.29 is 30.4 Å². The molecule has 0 saturated carbocycles. The van der Waals surface area contributed by atoms with Gasteiger partial charge in [-0.25, -0.2) is 30.6 Å². The van der Waals surface area contributed by atoms with E-state index < -0.39 is 59.2 Å². The molecule has 1 aromatic heterocycles. The zero-order valence-electron chi connectivity index (χ0n) is 22.4. The number of hydrogen-bond donors (Lipinski definition) is 3. The highest BCUT2D eigenvalue weighted by Crippen LogP contribution is 2.35. The van der Waals surface area contributed by atoms with Crippen LogP contribution in [0.25, 0.3) is 0 Å². The van der Waals surface area contributed by atoms with Crippen molar-refractivity contribution in [2.24, 2.45) is 0 Å². The molecule has 4 aromatic carbocycles. The number of sulfone groups is 1. The maximum Gasteiger partial charge on any atom is 0.261 e. The topological polar surface area (TPSA) is 148 Å². The van der Waals surface area contributed by atoms with Gasteiger partial charge in [0.25, 0.3) is 10.0 Å². The summed E-state index contributed by atoms with van der Waals surface area (Å²) in [5.41, 5.74) is 4.43. The summed E-state index contributed by atoms with van der Waals surface area (Å²) in [7, 11) is -8.44. The molecule has 0 unspecified atom stereocenters. The minimum absolute atomic E-state index is 0. The van der Waals surface area contributed by atoms with Crippen LogP contribution in [-0.2, 0) is 19.9 Å². The number of halogens is 3. The van der Waals surface area contributed by atoms with E-state index in [1.807, 2.05) is 0 Å². The predicted molar refractivity (Wildman–Crippen MR) is 165 cm³/mol. The number of nitrogens with one attached hydrogen (secondary N) is 2. The Kier molecular flexibility index (Phi) is 9.33. The Hall–Kier alpha value is -4.85. The average molecular weight is 657 g/mol. The number of para-hydroxylation sites is 2. The Bertz CT molecular complexity index is 2050. The Balaban J connectivity index is 0.00000442. The standard InChI is InChI=1S/C30H22F2N4O5S2.ClH/c31-22-14-9-15-23(32)27(22)28(37)21-18-26(30(35-29(21)33)42(38,39)19-10-3-1-4-11-19)34-24-16-7-8-17-25(24)36-43(40,41)20-12-5-2-6-13-20;/h1-18,34,36H,(H2,33,35);1H. The summed E-state index contributed by atoms with van der Waals surface area (Å²) in [6.45, 7) is 0. The van der Waals surface area contributed by atoms with E-state index in [1.165, 1.54) is 48.5 Å². The summed E-state index contributed by atoms with van der Waals surface area (Å²) >= 11 is 0.